The van der Waals surface area contributed by atoms with Gasteiger partial charge >= 0.3 is 0 Å². The maximum absolute atomic E-state index is 13.3. The molecule has 2 bridgehead atoms. The van der Waals surface area contributed by atoms with Gasteiger partial charge < -0.3 is 24.1 Å². The van der Waals surface area contributed by atoms with Gasteiger partial charge in [0.05, 0.1) is 30.5 Å². The Kier molecular flexibility index (Phi) is 5.01. The Morgan fingerprint density at radius 1 is 1.34 bits per heavy atom. The number of nitrogens with one attached hydrogen (secondary N) is 1. The number of nitrogens with zero attached hydrogens (tertiary/aromatic N) is 4. The number of methoxy groups -OCH3 is 1. The van der Waals surface area contributed by atoms with Gasteiger partial charge in [0.25, 0.3) is 11.5 Å². The molecule has 10 nitrogen and oxygen atoms in total. The van der Waals surface area contributed by atoms with E-state index in [1.54, 1.807) is 36.1 Å². The molecule has 0 aromatic carbocycles. The summed E-state index contributed by atoms with van der Waals surface area (Å²) in [6.07, 6.45) is 7.09. The summed E-state index contributed by atoms with van der Waals surface area (Å²) in [6, 6.07) is 5.34. The average molecular weight is 480 g/mol. The molecule has 2 aliphatic carbocycles. The van der Waals surface area contributed by atoms with Crippen molar-refractivity contribution in [3.63, 3.8) is 0 Å². The lowest BCUT2D eigenvalue weighted by atomic mass is 9.69. The van der Waals surface area contributed by atoms with Crippen LogP contribution >= 0.6 is 0 Å². The predicted octanol–water partition coefficient (Wildman–Crippen LogP) is 2.87. The molecule has 4 fully saturated rings. The zero-order valence-corrected chi connectivity index (χ0v) is 20.1. The molecule has 0 atom stereocenters. The normalized spacial score (nSPS) is 25.1. The van der Waals surface area contributed by atoms with Crippen molar-refractivity contribution in [3.8, 4) is 5.88 Å². The summed E-state index contributed by atoms with van der Waals surface area (Å²) in [4.78, 5) is 30.7. The maximum Gasteiger partial charge on any atom is 0.274 e. The van der Waals surface area contributed by atoms with Crippen LogP contribution in [-0.2, 0) is 15.0 Å². The van der Waals surface area contributed by atoms with Gasteiger partial charge in [-0.2, -0.15) is 10.1 Å². The smallest absolute Gasteiger partial charge is 0.274 e. The number of anilines is 1. The van der Waals surface area contributed by atoms with Crippen LogP contribution in [0, 0.1) is 0 Å². The van der Waals surface area contributed by atoms with Crippen molar-refractivity contribution < 1.29 is 19.0 Å². The molecule has 0 unspecified atom stereocenters. The highest BCUT2D eigenvalue weighted by Gasteiger charge is 2.64. The highest BCUT2D eigenvalue weighted by atomic mass is 16.6. The van der Waals surface area contributed by atoms with Crippen molar-refractivity contribution in [2.75, 3.05) is 25.6 Å². The van der Waals surface area contributed by atoms with E-state index in [2.05, 4.69) is 10.3 Å². The van der Waals surface area contributed by atoms with Crippen LogP contribution in [0.2, 0.25) is 0 Å². The molecule has 0 spiro atoms. The summed E-state index contributed by atoms with van der Waals surface area (Å²) in [7, 11) is 1.68. The van der Waals surface area contributed by atoms with E-state index < -0.39 is 5.91 Å². The third-order valence-electron chi connectivity index (χ3n) is 7.06. The molecule has 7 rings (SSSR count). The van der Waals surface area contributed by atoms with Crippen molar-refractivity contribution in [2.24, 2.45) is 0 Å². The summed E-state index contributed by atoms with van der Waals surface area (Å²) >= 11 is 0. The Bertz CT molecular complexity index is 1370. The molecular formula is C25H29N5O5. The number of carbonyl (C=O) groups excluding carboxylic acids is 1. The van der Waals surface area contributed by atoms with Gasteiger partial charge in [0.15, 0.2) is 5.65 Å². The summed E-state index contributed by atoms with van der Waals surface area (Å²) in [6.45, 7) is 4.87. The number of amides is 1. The van der Waals surface area contributed by atoms with Gasteiger partial charge in [-0.3, -0.25) is 14.3 Å². The number of rotatable bonds is 8. The van der Waals surface area contributed by atoms with Crippen LogP contribution in [0.4, 0.5) is 5.69 Å². The van der Waals surface area contributed by atoms with Gasteiger partial charge in [0.1, 0.15) is 11.3 Å². The summed E-state index contributed by atoms with van der Waals surface area (Å²) in [5.41, 5.74) is 0.329. The Morgan fingerprint density at radius 2 is 2.14 bits per heavy atom. The fourth-order valence-corrected chi connectivity index (χ4v) is 5.37. The number of fused-ring (bicyclic) bond motifs is 2. The topological polar surface area (TPSA) is 110 Å². The molecule has 10 heteroatoms. The van der Waals surface area contributed by atoms with E-state index in [1.165, 1.54) is 0 Å². The van der Waals surface area contributed by atoms with Gasteiger partial charge in [-0.25, -0.2) is 0 Å². The van der Waals surface area contributed by atoms with Crippen molar-refractivity contribution in [1.82, 2.24) is 19.3 Å². The second-order valence-electron chi connectivity index (χ2n) is 10.3. The zero-order valence-electron chi connectivity index (χ0n) is 20.1. The quantitative estimate of drug-likeness (QED) is 0.529. The second-order valence-corrected chi connectivity index (χ2v) is 10.3. The maximum atomic E-state index is 13.3. The fourth-order valence-electron chi connectivity index (χ4n) is 5.37. The van der Waals surface area contributed by atoms with Crippen molar-refractivity contribution in [1.29, 1.82) is 0 Å². The van der Waals surface area contributed by atoms with Crippen LogP contribution in [0.1, 0.15) is 55.9 Å². The number of hydrogen-bond acceptors (Lipinski definition) is 7. The summed E-state index contributed by atoms with van der Waals surface area (Å²) < 4.78 is 20.8. The first kappa shape index (κ1) is 22.2. The van der Waals surface area contributed by atoms with Gasteiger partial charge in [0, 0.05) is 43.8 Å². The lowest BCUT2D eigenvalue weighted by Gasteiger charge is -2.43. The average Bonchev–Trinajstić information content (AvgIpc) is 3.29. The number of pyridine rings is 2. The third-order valence-corrected chi connectivity index (χ3v) is 7.06. The first-order valence-electron chi connectivity index (χ1n) is 12.0. The van der Waals surface area contributed by atoms with E-state index in [9.17, 15) is 9.59 Å². The number of aromatic nitrogens is 4. The van der Waals surface area contributed by atoms with Gasteiger partial charge in [-0.15, -0.1) is 0 Å². The molecule has 1 N–H and O–H groups in total. The summed E-state index contributed by atoms with van der Waals surface area (Å²) in [5, 5.41) is 8.21. The van der Waals surface area contributed by atoms with Crippen molar-refractivity contribution in [3.05, 3.63) is 46.5 Å². The molecule has 2 saturated heterocycles. The fraction of sp³-hybridized carbons (Fsp3) is 0.520. The van der Waals surface area contributed by atoms with Crippen LogP contribution in [0.15, 0.2) is 35.4 Å². The molecule has 184 valence electrons. The standard InChI is InChI=1S/C25H29N5O5/c1-15(2)35-22-18(21(31)26-19-5-4-8-29(23(19)32)17-6-7-17)9-16-10-30(28-20(16)27-22)24-11-25(12-24,14-33-3)34-13-24/h4-5,8-10,15,17H,6-7,11-14H2,1-3H3,(H,26,31). The highest BCUT2D eigenvalue weighted by molar-refractivity contribution is 6.07. The molecule has 5 heterocycles. The Labute approximate surface area is 202 Å². The second kappa shape index (κ2) is 7.89. The Balaban J connectivity index is 1.33. The van der Waals surface area contributed by atoms with E-state index in [-0.39, 0.29) is 46.0 Å². The van der Waals surface area contributed by atoms with Crippen LogP contribution in [0.3, 0.4) is 0 Å². The third kappa shape index (κ3) is 3.71. The molecular weight excluding hydrogens is 450 g/mol. The first-order valence-corrected chi connectivity index (χ1v) is 12.0. The number of ether oxygens (including phenoxy) is 3. The van der Waals surface area contributed by atoms with Gasteiger partial charge in [-0.1, -0.05) is 0 Å². The molecule has 1 amide bonds. The minimum atomic E-state index is -0.446. The number of carbonyl (C=O) groups is 1. The number of hydrogen-bond donors (Lipinski definition) is 1. The molecule has 3 aromatic heterocycles. The minimum Gasteiger partial charge on any atom is -0.474 e. The summed E-state index contributed by atoms with van der Waals surface area (Å²) in [5.74, 6) is -0.255. The van der Waals surface area contributed by atoms with Crippen molar-refractivity contribution in [2.45, 2.75) is 62.8 Å². The van der Waals surface area contributed by atoms with E-state index in [4.69, 9.17) is 19.3 Å². The van der Waals surface area contributed by atoms with E-state index in [0.29, 0.717) is 18.9 Å². The lowest BCUT2D eigenvalue weighted by molar-refractivity contribution is -0.0694. The van der Waals surface area contributed by atoms with Crippen LogP contribution < -0.4 is 15.6 Å². The zero-order chi connectivity index (χ0) is 24.4. The van der Waals surface area contributed by atoms with Crippen LogP contribution in [0.5, 0.6) is 5.88 Å². The lowest BCUT2D eigenvalue weighted by Crippen LogP contribution is -2.53. The first-order chi connectivity index (χ1) is 16.8. The molecule has 4 aliphatic rings. The highest BCUT2D eigenvalue weighted by Crippen LogP contribution is 2.56. The SMILES string of the molecule is COCC12CC(n3cc4cc(C(=O)Nc5cccn(C6CC6)c5=O)c(OC(C)C)nc4n3)(CO1)C2. The largest absolute Gasteiger partial charge is 0.474 e. The van der Waals surface area contributed by atoms with Crippen LogP contribution in [-0.4, -0.2) is 57.3 Å². The predicted molar refractivity (Wildman–Crippen MR) is 128 cm³/mol. The van der Waals surface area contributed by atoms with E-state index in [1.807, 2.05) is 24.7 Å². The molecule has 2 aliphatic heterocycles. The Hall–Kier alpha value is -3.24. The van der Waals surface area contributed by atoms with Crippen LogP contribution in [0.25, 0.3) is 11.0 Å². The monoisotopic (exact) mass is 479 g/mol. The van der Waals surface area contributed by atoms with E-state index >= 15 is 0 Å². The van der Waals surface area contributed by atoms with Crippen molar-refractivity contribution >= 4 is 22.6 Å². The molecule has 0 radical (unpaired) electrons. The van der Waals surface area contributed by atoms with E-state index in [0.717, 1.165) is 31.1 Å². The molecule has 3 aromatic rings. The molecule has 2 saturated carbocycles. The van der Waals surface area contributed by atoms with Gasteiger partial charge in [-0.05, 0) is 44.9 Å². The Morgan fingerprint density at radius 3 is 2.86 bits per heavy atom. The minimum absolute atomic E-state index is 0.191. The molecule has 35 heavy (non-hydrogen) atoms. The van der Waals surface area contributed by atoms with Gasteiger partial charge in [0.2, 0.25) is 5.88 Å².